The number of allylic oxidation sites excluding steroid dienone is 11. The average molecular weight is 1480 g/mol. The standard InChI is InChI=1S/C22H27ClO3S.C22H27ClO2S.C15H22O2S.C12H20O.C10H13ClO2S/c1-15(2)16(3)6-7-17(4)18(5)22-24-12-21(13-25-22)26-27-14-19-8-10-20(23)11-9-19;1-15(2)16(3)6-7-17(4)18(5)22-24-12-21(13-25-22)26-14-19-8-10-20(23)11-9-19;1-10(2)11(3)6-7-12(4)13(5)15-16-8-14(18)9-17-15;1-9(2)10(3)6-7-11(4)12(5)8-13;11-9-3-1-8(2-4-9)7-14-10(5-12)6-13/h8-11,21-22H,12-14H2,1-5H3;8-11,21-22H,12-14H2,1-5H3;14-15,18H,8-9H2,1-5H3;11-13H,8H2,1-5H3;1-4,10,12-13H,5-7H2. The van der Waals surface area contributed by atoms with E-state index in [-0.39, 0.29) is 67.1 Å². The number of thioether (sulfide) groups is 2. The van der Waals surface area contributed by atoms with Crippen LogP contribution in [0.5, 0.6) is 0 Å². The van der Waals surface area contributed by atoms with Crippen LogP contribution in [0.25, 0.3) is 0 Å². The van der Waals surface area contributed by atoms with Crippen molar-refractivity contribution < 1.29 is 47.9 Å². The highest BCUT2D eigenvalue weighted by molar-refractivity contribution is 7.99. The number of thiol groups is 1. The summed E-state index contributed by atoms with van der Waals surface area (Å²) in [6.07, 6.45) is -0.989. The van der Waals surface area contributed by atoms with E-state index < -0.39 is 0 Å². The molecule has 0 aliphatic carbocycles. The Balaban J connectivity index is 0.000000430. The molecule has 3 N–H and O–H groups in total. The lowest BCUT2D eigenvalue weighted by molar-refractivity contribution is -0.190. The third kappa shape index (κ3) is 37.7. The van der Waals surface area contributed by atoms with Gasteiger partial charge in [-0.15, -0.1) is 23.5 Å². The molecule has 3 heterocycles. The molecule has 2 atom stereocenters. The molecule has 3 aliphatic heterocycles. The van der Waals surface area contributed by atoms with Gasteiger partial charge in [0, 0.05) is 66.8 Å². The number of hydrogen-bond donors (Lipinski definition) is 4. The van der Waals surface area contributed by atoms with E-state index in [0.717, 1.165) is 93.6 Å². The minimum absolute atomic E-state index is 0.00869. The molecule has 3 saturated heterocycles. The molecule has 3 aliphatic rings. The zero-order valence-electron chi connectivity index (χ0n) is 61.6. The van der Waals surface area contributed by atoms with Crippen molar-refractivity contribution in [2.45, 2.75) is 196 Å². The first-order valence-corrected chi connectivity index (χ1v) is 37.7. The first-order valence-electron chi connectivity index (χ1n) is 33.0. The zero-order chi connectivity index (χ0) is 73.4. The van der Waals surface area contributed by atoms with Crippen molar-refractivity contribution in [3.05, 3.63) is 183 Å². The molecule has 0 bridgehead atoms. The Kier molecular flexibility index (Phi) is 46.2. The number of benzene rings is 3. The van der Waals surface area contributed by atoms with E-state index in [1.807, 2.05) is 156 Å². The number of aliphatic hydroxyl groups excluding tert-OH is 3. The summed E-state index contributed by atoms with van der Waals surface area (Å²) < 4.78 is 40.5. The zero-order valence-corrected chi connectivity index (χ0v) is 67.2. The van der Waals surface area contributed by atoms with Gasteiger partial charge in [0.1, 0.15) is 6.10 Å². The molecule has 0 radical (unpaired) electrons. The van der Waals surface area contributed by atoms with Crippen molar-refractivity contribution in [3.63, 3.8) is 0 Å². The topological polar surface area (TPSA) is 125 Å². The second kappa shape index (κ2) is 50.3. The number of aliphatic hydroxyl groups is 3. The summed E-state index contributed by atoms with van der Waals surface area (Å²) in [7, 11) is 0. The van der Waals surface area contributed by atoms with Gasteiger partial charge in [0.15, 0.2) is 18.9 Å². The second-order valence-electron chi connectivity index (χ2n) is 25.1. The summed E-state index contributed by atoms with van der Waals surface area (Å²) in [5.74, 6) is 28.4. The minimum atomic E-state index is -0.354. The van der Waals surface area contributed by atoms with E-state index in [0.29, 0.717) is 44.9 Å². The molecule has 3 aromatic rings. The van der Waals surface area contributed by atoms with Crippen LogP contribution in [0.1, 0.15) is 155 Å². The van der Waals surface area contributed by atoms with E-state index in [1.54, 1.807) is 0 Å². The van der Waals surface area contributed by atoms with E-state index >= 15 is 0 Å². The van der Waals surface area contributed by atoms with E-state index in [4.69, 9.17) is 82.7 Å². The first-order chi connectivity index (χ1) is 46.4. The van der Waals surface area contributed by atoms with Crippen molar-refractivity contribution in [1.29, 1.82) is 0 Å². The lowest BCUT2D eigenvalue weighted by Crippen LogP contribution is -2.37. The lowest BCUT2D eigenvalue weighted by Gasteiger charge is -2.30. The first kappa shape index (κ1) is 90.0. The molecule has 0 amide bonds. The Labute approximate surface area is 624 Å². The van der Waals surface area contributed by atoms with Gasteiger partial charge in [0.25, 0.3) is 0 Å². The van der Waals surface area contributed by atoms with Gasteiger partial charge < -0.3 is 47.9 Å². The highest BCUT2D eigenvalue weighted by Gasteiger charge is 2.27. The Bertz CT molecular complexity index is 3390. The van der Waals surface area contributed by atoms with Crippen molar-refractivity contribution in [2.24, 2.45) is 11.8 Å². The molecule has 538 valence electrons. The Hall–Kier alpha value is -4.05. The van der Waals surface area contributed by atoms with Gasteiger partial charge in [-0.25, -0.2) is 0 Å². The average Bonchev–Trinajstić information content (AvgIpc) is 0.996. The maximum Gasteiger partial charge on any atom is 0.180 e. The Morgan fingerprint density at radius 2 is 0.755 bits per heavy atom. The fourth-order valence-electron chi connectivity index (χ4n) is 7.31. The van der Waals surface area contributed by atoms with Crippen LogP contribution in [-0.2, 0) is 49.9 Å². The molecular weight excluding hydrogens is 1370 g/mol. The van der Waals surface area contributed by atoms with Crippen LogP contribution in [0, 0.1) is 59.2 Å². The molecule has 0 aromatic heterocycles. The normalized spacial score (nSPS) is 19.1. The second-order valence-corrected chi connectivity index (χ2v) is 30.5. The smallest absolute Gasteiger partial charge is 0.180 e. The van der Waals surface area contributed by atoms with Crippen molar-refractivity contribution >= 4 is 83.0 Å². The summed E-state index contributed by atoms with van der Waals surface area (Å²) in [6, 6.07) is 23.3. The molecule has 17 heteroatoms. The molecule has 3 fully saturated rings. The number of rotatable bonds is 17. The largest absolute Gasteiger partial charge is 0.396 e. The van der Waals surface area contributed by atoms with Gasteiger partial charge in [-0.2, -0.15) is 12.6 Å². The number of halogens is 3. The maximum atomic E-state index is 8.90. The Morgan fingerprint density at radius 1 is 0.439 bits per heavy atom. The fraction of sp³-hybridized carbons (Fsp3) is 0.506. The molecule has 98 heavy (non-hydrogen) atoms. The van der Waals surface area contributed by atoms with E-state index in [2.05, 4.69) is 128 Å². The van der Waals surface area contributed by atoms with Crippen LogP contribution in [0.4, 0.5) is 0 Å². The predicted molar refractivity (Wildman–Crippen MR) is 423 cm³/mol. The molecular formula is C81H109Cl3O10S4. The molecule has 2 unspecified atom stereocenters. The van der Waals surface area contributed by atoms with Gasteiger partial charge in [-0.1, -0.05) is 155 Å². The number of hydrogen-bond acceptors (Lipinski definition) is 14. The summed E-state index contributed by atoms with van der Waals surface area (Å²) in [5.41, 5.74) is 19.1. The summed E-state index contributed by atoms with van der Waals surface area (Å²) in [6.45, 7) is 44.6. The third-order valence-corrected chi connectivity index (χ3v) is 20.4. The number of ether oxygens (including phenoxy) is 6. The van der Waals surface area contributed by atoms with E-state index in [9.17, 15) is 0 Å². The molecule has 6 rings (SSSR count). The van der Waals surface area contributed by atoms with Crippen LogP contribution in [-0.4, -0.2) is 116 Å². The fourth-order valence-corrected chi connectivity index (χ4v) is 10.4. The summed E-state index contributed by atoms with van der Waals surface area (Å²) in [5, 5.41) is 29.2. The molecule has 0 saturated carbocycles. The molecule has 3 aromatic carbocycles. The van der Waals surface area contributed by atoms with Gasteiger partial charge >= 0.3 is 0 Å². The highest BCUT2D eigenvalue weighted by atomic mass is 35.5. The van der Waals surface area contributed by atoms with Gasteiger partial charge in [0.05, 0.1) is 63.4 Å². The summed E-state index contributed by atoms with van der Waals surface area (Å²) >= 11 is 26.7. The van der Waals surface area contributed by atoms with Crippen LogP contribution in [0.2, 0.25) is 15.1 Å². The molecule has 10 nitrogen and oxygen atoms in total. The van der Waals surface area contributed by atoms with Gasteiger partial charge in [0.2, 0.25) is 0 Å². The Morgan fingerprint density at radius 3 is 1.10 bits per heavy atom. The monoisotopic (exact) mass is 1470 g/mol. The van der Waals surface area contributed by atoms with Crippen molar-refractivity contribution in [2.75, 3.05) is 59.5 Å². The highest BCUT2D eigenvalue weighted by Crippen LogP contribution is 2.28. The third-order valence-electron chi connectivity index (χ3n) is 15.9. The van der Waals surface area contributed by atoms with Gasteiger partial charge in [-0.3, -0.25) is 0 Å². The van der Waals surface area contributed by atoms with Crippen molar-refractivity contribution in [1.82, 2.24) is 0 Å². The lowest BCUT2D eigenvalue weighted by atomic mass is 9.97. The molecule has 0 spiro atoms. The van der Waals surface area contributed by atoms with Crippen LogP contribution in [0.15, 0.2) is 151 Å². The maximum absolute atomic E-state index is 8.90. The minimum Gasteiger partial charge on any atom is -0.396 e. The predicted octanol–water partition coefficient (Wildman–Crippen LogP) is 19.8. The van der Waals surface area contributed by atoms with Crippen LogP contribution in [0.3, 0.4) is 0 Å². The van der Waals surface area contributed by atoms with Crippen LogP contribution >= 0.6 is 83.0 Å². The summed E-state index contributed by atoms with van der Waals surface area (Å²) in [4.78, 5) is 0. The SMILES string of the molecule is CC(C)=C(C)C#CC(C)=C(C)C1OCC(OSCc2ccc(Cl)cc2)CO1.CC(C)=C(C)C#CC(C)=C(C)C1OCC(S)CO1.CC(C)=C(C)C#CC(C)=C(C)C1OCC(SCc2ccc(Cl)cc2)CO1.CC(C)=C(C)C#CC(C)C(C)CO.OCC(CO)SCc1ccc(Cl)cc1. The van der Waals surface area contributed by atoms with Gasteiger partial charge in [-0.05, 0) is 235 Å². The van der Waals surface area contributed by atoms with E-state index in [1.165, 1.54) is 57.2 Å². The van der Waals surface area contributed by atoms with Crippen molar-refractivity contribution in [3.8, 4) is 47.4 Å². The van der Waals surface area contributed by atoms with Crippen LogP contribution < -0.4 is 0 Å². The quantitative estimate of drug-likeness (QED) is 0.0583.